The summed E-state index contributed by atoms with van der Waals surface area (Å²) in [6.07, 6.45) is 0. The Hall–Kier alpha value is -1.86. The monoisotopic (exact) mass is 300 g/mol. The van der Waals surface area contributed by atoms with Gasteiger partial charge in [-0.05, 0) is 12.1 Å². The first kappa shape index (κ1) is 14.5. The average Bonchev–Trinajstić information content (AvgIpc) is 2.46. The molecule has 0 aromatic heterocycles. The first-order valence-electron chi connectivity index (χ1n) is 5.90. The first-order valence-corrected chi connectivity index (χ1v) is 6.28. The van der Waals surface area contributed by atoms with Gasteiger partial charge in [-0.15, -0.1) is 0 Å². The largest absolute Gasteiger partial charge is 0.467 e. The van der Waals surface area contributed by atoms with Gasteiger partial charge in [-0.3, -0.25) is 10.1 Å². The molecule has 0 N–H and O–H groups in total. The predicted octanol–water partition coefficient (Wildman–Crippen LogP) is 1.63. The molecule has 1 aliphatic heterocycles. The van der Waals surface area contributed by atoms with Crippen LogP contribution >= 0.6 is 11.6 Å². The maximum absolute atomic E-state index is 11.8. The third kappa shape index (κ3) is 2.83. The molecule has 1 heterocycles. The Labute approximate surface area is 120 Å². The Morgan fingerprint density at radius 1 is 1.60 bits per heavy atom. The van der Waals surface area contributed by atoms with Gasteiger partial charge in [0.15, 0.2) is 6.04 Å². The molecule has 7 nitrogen and oxygen atoms in total. The van der Waals surface area contributed by atoms with E-state index in [4.69, 9.17) is 21.1 Å². The number of halogens is 1. The van der Waals surface area contributed by atoms with E-state index in [1.165, 1.54) is 25.3 Å². The zero-order valence-electron chi connectivity index (χ0n) is 10.7. The van der Waals surface area contributed by atoms with Crippen molar-refractivity contribution < 1.29 is 19.2 Å². The topological polar surface area (TPSA) is 81.9 Å². The van der Waals surface area contributed by atoms with Crippen LogP contribution in [0.5, 0.6) is 0 Å². The molecular formula is C12H13ClN2O5. The fraction of sp³-hybridized carbons (Fsp3) is 0.417. The Balaban J connectivity index is 2.44. The fourth-order valence-corrected chi connectivity index (χ4v) is 2.27. The van der Waals surface area contributed by atoms with Crippen molar-refractivity contribution in [2.24, 2.45) is 0 Å². The smallest absolute Gasteiger partial charge is 0.330 e. The first-order chi connectivity index (χ1) is 9.54. The molecule has 20 heavy (non-hydrogen) atoms. The van der Waals surface area contributed by atoms with Crippen LogP contribution in [0.15, 0.2) is 18.2 Å². The number of nitro benzene ring substituents is 1. The number of morpholine rings is 1. The number of nitro groups is 1. The Bertz CT molecular complexity index is 537. The molecule has 108 valence electrons. The maximum Gasteiger partial charge on any atom is 0.330 e. The number of rotatable bonds is 3. The summed E-state index contributed by atoms with van der Waals surface area (Å²) in [5.41, 5.74) is 0.186. The van der Waals surface area contributed by atoms with Crippen molar-refractivity contribution in [3.63, 3.8) is 0 Å². The third-order valence-corrected chi connectivity index (χ3v) is 3.28. The summed E-state index contributed by atoms with van der Waals surface area (Å²) in [5, 5.41) is 11.5. The number of benzene rings is 1. The fourth-order valence-electron chi connectivity index (χ4n) is 2.10. The molecule has 0 radical (unpaired) electrons. The predicted molar refractivity (Wildman–Crippen MR) is 72.1 cm³/mol. The second-order valence-corrected chi connectivity index (χ2v) is 4.63. The molecule has 2 rings (SSSR count). The van der Waals surface area contributed by atoms with Crippen molar-refractivity contribution >= 4 is 28.9 Å². The van der Waals surface area contributed by atoms with Crippen molar-refractivity contribution in [1.82, 2.24) is 0 Å². The van der Waals surface area contributed by atoms with Crippen molar-refractivity contribution in [2.45, 2.75) is 6.04 Å². The number of ether oxygens (including phenoxy) is 2. The van der Waals surface area contributed by atoms with Crippen LogP contribution in [0, 0.1) is 10.1 Å². The van der Waals surface area contributed by atoms with Crippen molar-refractivity contribution in [2.75, 3.05) is 31.8 Å². The van der Waals surface area contributed by atoms with E-state index < -0.39 is 16.9 Å². The van der Waals surface area contributed by atoms with Gasteiger partial charge in [0.1, 0.15) is 5.69 Å². The molecule has 1 aromatic carbocycles. The number of carbonyl (C=O) groups is 1. The van der Waals surface area contributed by atoms with E-state index >= 15 is 0 Å². The van der Waals surface area contributed by atoms with Gasteiger partial charge >= 0.3 is 5.97 Å². The highest BCUT2D eigenvalue weighted by Crippen LogP contribution is 2.33. The lowest BCUT2D eigenvalue weighted by atomic mass is 10.1. The Morgan fingerprint density at radius 3 is 3.00 bits per heavy atom. The van der Waals surface area contributed by atoms with Crippen molar-refractivity contribution in [3.8, 4) is 0 Å². The molecule has 1 fully saturated rings. The quantitative estimate of drug-likeness (QED) is 0.479. The normalized spacial score (nSPS) is 18.7. The third-order valence-electron chi connectivity index (χ3n) is 3.05. The van der Waals surface area contributed by atoms with Crippen LogP contribution in [-0.2, 0) is 14.3 Å². The summed E-state index contributed by atoms with van der Waals surface area (Å²) < 4.78 is 9.95. The lowest BCUT2D eigenvalue weighted by molar-refractivity contribution is -0.384. The number of methoxy groups -OCH3 is 1. The molecule has 0 spiro atoms. The highest BCUT2D eigenvalue weighted by atomic mass is 35.5. The van der Waals surface area contributed by atoms with Gasteiger partial charge < -0.3 is 14.4 Å². The molecule has 0 saturated carbocycles. The summed E-state index contributed by atoms with van der Waals surface area (Å²) >= 11 is 5.91. The molecule has 1 atom stereocenters. The molecule has 1 aromatic rings. The molecule has 0 amide bonds. The minimum Gasteiger partial charge on any atom is -0.467 e. The van der Waals surface area contributed by atoms with Crippen molar-refractivity contribution in [3.05, 3.63) is 33.3 Å². The van der Waals surface area contributed by atoms with Crippen LogP contribution in [0.25, 0.3) is 0 Å². The van der Waals surface area contributed by atoms with Crippen LogP contribution in [0.3, 0.4) is 0 Å². The van der Waals surface area contributed by atoms with Crippen LogP contribution in [0.2, 0.25) is 5.02 Å². The molecule has 1 unspecified atom stereocenters. The molecule has 0 aliphatic carbocycles. The number of hydrogen-bond acceptors (Lipinski definition) is 6. The number of hydrogen-bond donors (Lipinski definition) is 0. The van der Waals surface area contributed by atoms with Gasteiger partial charge in [0.2, 0.25) is 0 Å². The summed E-state index contributed by atoms with van der Waals surface area (Å²) in [7, 11) is 1.27. The highest BCUT2D eigenvalue weighted by molar-refractivity contribution is 6.31. The summed E-state index contributed by atoms with van der Waals surface area (Å²) in [5.74, 6) is -0.501. The number of carbonyl (C=O) groups excluding carboxylic acids is 1. The molecular weight excluding hydrogens is 288 g/mol. The Morgan fingerprint density at radius 2 is 2.35 bits per heavy atom. The van der Waals surface area contributed by atoms with Gasteiger partial charge in [0.05, 0.1) is 25.2 Å². The van der Waals surface area contributed by atoms with Gasteiger partial charge in [-0.2, -0.15) is 0 Å². The molecule has 1 saturated heterocycles. The number of nitrogens with zero attached hydrogens (tertiary/aromatic N) is 2. The average molecular weight is 301 g/mol. The van der Waals surface area contributed by atoms with E-state index in [0.29, 0.717) is 23.9 Å². The van der Waals surface area contributed by atoms with E-state index in [-0.39, 0.29) is 12.3 Å². The summed E-state index contributed by atoms with van der Waals surface area (Å²) in [6, 6.07) is 3.52. The molecule has 0 bridgehead atoms. The lowest BCUT2D eigenvalue weighted by Crippen LogP contribution is -2.50. The van der Waals surface area contributed by atoms with Gasteiger partial charge in [0.25, 0.3) is 5.69 Å². The summed E-state index contributed by atoms with van der Waals surface area (Å²) in [4.78, 5) is 24.0. The van der Waals surface area contributed by atoms with E-state index in [1.54, 1.807) is 4.90 Å². The van der Waals surface area contributed by atoms with Gasteiger partial charge in [-0.25, -0.2) is 4.79 Å². The van der Waals surface area contributed by atoms with E-state index in [2.05, 4.69) is 0 Å². The van der Waals surface area contributed by atoms with Crippen LogP contribution in [-0.4, -0.2) is 43.8 Å². The van der Waals surface area contributed by atoms with Crippen LogP contribution in [0.1, 0.15) is 0 Å². The Kier molecular flexibility index (Phi) is 4.41. The minimum absolute atomic E-state index is 0.106. The minimum atomic E-state index is -0.717. The molecule has 1 aliphatic rings. The van der Waals surface area contributed by atoms with E-state index in [0.717, 1.165) is 0 Å². The molecule has 8 heteroatoms. The SMILES string of the molecule is COC(=O)C1COCCN1c1cc(Cl)ccc1[N+](=O)[O-]. The maximum atomic E-state index is 11.8. The van der Waals surface area contributed by atoms with E-state index in [1.807, 2.05) is 0 Å². The lowest BCUT2D eigenvalue weighted by Gasteiger charge is -2.35. The zero-order valence-corrected chi connectivity index (χ0v) is 11.5. The second-order valence-electron chi connectivity index (χ2n) is 4.20. The van der Waals surface area contributed by atoms with Gasteiger partial charge in [0, 0.05) is 17.6 Å². The van der Waals surface area contributed by atoms with Crippen LogP contribution < -0.4 is 4.90 Å². The second kappa shape index (κ2) is 6.06. The zero-order chi connectivity index (χ0) is 14.7. The van der Waals surface area contributed by atoms with Gasteiger partial charge in [-0.1, -0.05) is 11.6 Å². The van der Waals surface area contributed by atoms with Crippen molar-refractivity contribution in [1.29, 1.82) is 0 Å². The van der Waals surface area contributed by atoms with Crippen LogP contribution in [0.4, 0.5) is 11.4 Å². The highest BCUT2D eigenvalue weighted by Gasteiger charge is 2.34. The van der Waals surface area contributed by atoms with E-state index in [9.17, 15) is 14.9 Å². The standard InChI is InChI=1S/C12H13ClN2O5/c1-19-12(16)11-7-20-5-4-14(11)10-6-8(13)2-3-9(10)15(17)18/h2-3,6,11H,4-5,7H2,1H3. The number of anilines is 1. The summed E-state index contributed by atoms with van der Waals surface area (Å²) in [6.45, 7) is 0.842. The number of esters is 1.